The van der Waals surface area contributed by atoms with Crippen LogP contribution in [0.4, 0.5) is 0 Å². The molecular weight excluding hydrogens is 240 g/mol. The van der Waals surface area contributed by atoms with Crippen LogP contribution in [0, 0.1) is 17.8 Å². The van der Waals surface area contributed by atoms with Gasteiger partial charge in [0.15, 0.2) is 0 Å². The van der Waals surface area contributed by atoms with Gasteiger partial charge in [-0.15, -0.1) is 11.3 Å². The molecule has 1 N–H and O–H groups in total. The number of aromatic nitrogens is 1. The summed E-state index contributed by atoms with van der Waals surface area (Å²) in [6.07, 6.45) is 5.27. The quantitative estimate of drug-likeness (QED) is 0.861. The van der Waals surface area contributed by atoms with Crippen molar-refractivity contribution in [2.45, 2.75) is 52.5 Å². The summed E-state index contributed by atoms with van der Waals surface area (Å²) in [5.41, 5.74) is 3.23. The van der Waals surface area contributed by atoms with Gasteiger partial charge in [0.1, 0.15) is 0 Å². The minimum absolute atomic E-state index is 0.478. The fourth-order valence-corrected chi connectivity index (χ4v) is 3.67. The number of hydrogen-bond acceptors (Lipinski definition) is 3. The predicted molar refractivity (Wildman–Crippen MR) is 78.8 cm³/mol. The molecule has 1 saturated carbocycles. The molecule has 0 spiro atoms. The molecule has 0 saturated heterocycles. The first kappa shape index (κ1) is 14.0. The number of nitrogens with one attached hydrogen (secondary N) is 1. The Labute approximate surface area is 115 Å². The molecule has 2 nitrogen and oxygen atoms in total. The molecule has 3 heteroatoms. The van der Waals surface area contributed by atoms with E-state index < -0.39 is 0 Å². The molecule has 0 radical (unpaired) electrons. The van der Waals surface area contributed by atoms with Crippen LogP contribution < -0.4 is 5.32 Å². The third kappa shape index (κ3) is 3.33. The molecule has 0 bridgehead atoms. The van der Waals surface area contributed by atoms with Crippen molar-refractivity contribution in [3.05, 3.63) is 16.6 Å². The van der Waals surface area contributed by atoms with Crippen LogP contribution in [0.3, 0.4) is 0 Å². The highest BCUT2D eigenvalue weighted by Gasteiger charge is 2.31. The second kappa shape index (κ2) is 6.67. The molecule has 18 heavy (non-hydrogen) atoms. The summed E-state index contributed by atoms with van der Waals surface area (Å²) in [6, 6.07) is 0.478. The molecule has 1 fully saturated rings. The van der Waals surface area contributed by atoms with Crippen LogP contribution in [0.5, 0.6) is 0 Å². The van der Waals surface area contributed by atoms with Gasteiger partial charge in [0.2, 0.25) is 0 Å². The van der Waals surface area contributed by atoms with Crippen LogP contribution in [-0.4, -0.2) is 11.5 Å². The number of rotatable bonds is 5. The van der Waals surface area contributed by atoms with Gasteiger partial charge in [0.25, 0.3) is 0 Å². The van der Waals surface area contributed by atoms with Crippen molar-refractivity contribution in [3.63, 3.8) is 0 Å². The zero-order chi connectivity index (χ0) is 13.0. The highest BCUT2D eigenvalue weighted by molar-refractivity contribution is 7.07. The Hall–Kier alpha value is -0.410. The molecule has 1 aliphatic carbocycles. The highest BCUT2D eigenvalue weighted by atomic mass is 32.1. The summed E-state index contributed by atoms with van der Waals surface area (Å²) < 4.78 is 0. The van der Waals surface area contributed by atoms with Crippen molar-refractivity contribution < 1.29 is 0 Å². The maximum atomic E-state index is 4.54. The van der Waals surface area contributed by atoms with Gasteiger partial charge in [0.05, 0.1) is 17.2 Å². The molecular formula is C15H26N2S. The molecule has 1 aromatic rings. The topological polar surface area (TPSA) is 24.9 Å². The second-order valence-electron chi connectivity index (χ2n) is 5.87. The van der Waals surface area contributed by atoms with Crippen molar-refractivity contribution >= 4 is 11.3 Å². The zero-order valence-corrected chi connectivity index (χ0v) is 12.7. The first-order valence-electron chi connectivity index (χ1n) is 7.33. The van der Waals surface area contributed by atoms with E-state index in [2.05, 4.69) is 36.5 Å². The van der Waals surface area contributed by atoms with Crippen LogP contribution in [0.15, 0.2) is 10.9 Å². The molecule has 0 aliphatic heterocycles. The Bertz CT molecular complexity index is 336. The van der Waals surface area contributed by atoms with Gasteiger partial charge in [-0.1, -0.05) is 27.2 Å². The van der Waals surface area contributed by atoms with Crippen LogP contribution in [0.2, 0.25) is 0 Å². The summed E-state index contributed by atoms with van der Waals surface area (Å²) in [5, 5.41) is 5.94. The van der Waals surface area contributed by atoms with E-state index in [-0.39, 0.29) is 0 Å². The van der Waals surface area contributed by atoms with Gasteiger partial charge in [-0.3, -0.25) is 0 Å². The third-order valence-electron chi connectivity index (χ3n) is 4.49. The molecule has 1 aromatic heterocycles. The van der Waals surface area contributed by atoms with E-state index in [1.807, 2.05) is 5.51 Å². The van der Waals surface area contributed by atoms with Gasteiger partial charge in [-0.05, 0) is 43.6 Å². The lowest BCUT2D eigenvalue weighted by molar-refractivity contribution is 0.169. The Morgan fingerprint density at radius 1 is 1.39 bits per heavy atom. The average molecular weight is 266 g/mol. The van der Waals surface area contributed by atoms with Crippen LogP contribution >= 0.6 is 11.3 Å². The Balaban J connectivity index is 2.04. The van der Waals surface area contributed by atoms with E-state index in [0.717, 1.165) is 24.3 Å². The van der Waals surface area contributed by atoms with Gasteiger partial charge in [0, 0.05) is 5.38 Å². The number of thiazole rings is 1. The standard InChI is InChI=1S/C15H26N2S/c1-4-7-16-15(14-9-18-10-17-14)13-6-5-11(2)12(3)8-13/h9-13,15-16H,4-8H2,1-3H3. The molecule has 102 valence electrons. The summed E-state index contributed by atoms with van der Waals surface area (Å²) in [4.78, 5) is 4.54. The molecule has 2 rings (SSSR count). The van der Waals surface area contributed by atoms with Crippen molar-refractivity contribution in [1.82, 2.24) is 10.3 Å². The summed E-state index contributed by atoms with van der Waals surface area (Å²) in [5.74, 6) is 2.52. The molecule has 0 aromatic carbocycles. The normalized spacial score (nSPS) is 30.3. The number of nitrogens with zero attached hydrogens (tertiary/aromatic N) is 1. The minimum atomic E-state index is 0.478. The highest BCUT2D eigenvalue weighted by Crippen LogP contribution is 2.39. The van der Waals surface area contributed by atoms with E-state index in [4.69, 9.17) is 0 Å². The molecule has 1 heterocycles. The molecule has 0 amide bonds. The van der Waals surface area contributed by atoms with E-state index >= 15 is 0 Å². The lowest BCUT2D eigenvalue weighted by Gasteiger charge is -2.36. The SMILES string of the molecule is CCCNC(c1cscn1)C1CCC(C)C(C)C1. The fourth-order valence-electron chi connectivity index (χ4n) is 3.08. The van der Waals surface area contributed by atoms with Crippen LogP contribution in [0.25, 0.3) is 0 Å². The Morgan fingerprint density at radius 2 is 2.22 bits per heavy atom. The van der Waals surface area contributed by atoms with Gasteiger partial charge in [-0.25, -0.2) is 4.98 Å². The first-order valence-corrected chi connectivity index (χ1v) is 8.28. The van der Waals surface area contributed by atoms with E-state index in [1.54, 1.807) is 11.3 Å². The predicted octanol–water partition coefficient (Wildman–Crippen LogP) is 4.26. The van der Waals surface area contributed by atoms with E-state index in [9.17, 15) is 0 Å². The smallest absolute Gasteiger partial charge is 0.0795 e. The van der Waals surface area contributed by atoms with E-state index in [0.29, 0.717) is 6.04 Å². The summed E-state index contributed by atoms with van der Waals surface area (Å²) in [7, 11) is 0. The summed E-state index contributed by atoms with van der Waals surface area (Å²) in [6.45, 7) is 8.15. The largest absolute Gasteiger partial charge is 0.308 e. The maximum Gasteiger partial charge on any atom is 0.0795 e. The third-order valence-corrected chi connectivity index (χ3v) is 5.10. The van der Waals surface area contributed by atoms with Crippen LogP contribution in [-0.2, 0) is 0 Å². The average Bonchev–Trinajstić information content (AvgIpc) is 2.88. The van der Waals surface area contributed by atoms with Crippen molar-refractivity contribution in [3.8, 4) is 0 Å². The second-order valence-corrected chi connectivity index (χ2v) is 6.59. The first-order chi connectivity index (χ1) is 8.72. The Morgan fingerprint density at radius 3 is 2.83 bits per heavy atom. The summed E-state index contributed by atoms with van der Waals surface area (Å²) >= 11 is 1.72. The maximum absolute atomic E-state index is 4.54. The van der Waals surface area contributed by atoms with Gasteiger partial charge >= 0.3 is 0 Å². The molecule has 1 aliphatic rings. The van der Waals surface area contributed by atoms with Gasteiger partial charge < -0.3 is 5.32 Å². The van der Waals surface area contributed by atoms with Crippen molar-refractivity contribution in [1.29, 1.82) is 0 Å². The lowest BCUT2D eigenvalue weighted by atomic mass is 9.72. The van der Waals surface area contributed by atoms with Crippen molar-refractivity contribution in [2.75, 3.05) is 6.54 Å². The lowest BCUT2D eigenvalue weighted by Crippen LogP contribution is -2.33. The van der Waals surface area contributed by atoms with Crippen molar-refractivity contribution in [2.24, 2.45) is 17.8 Å². The molecule has 4 atom stereocenters. The Kier molecular flexibility index (Phi) is 5.19. The zero-order valence-electron chi connectivity index (χ0n) is 11.9. The molecule has 4 unspecified atom stereocenters. The van der Waals surface area contributed by atoms with E-state index in [1.165, 1.54) is 31.4 Å². The monoisotopic (exact) mass is 266 g/mol. The van der Waals surface area contributed by atoms with Gasteiger partial charge in [-0.2, -0.15) is 0 Å². The fraction of sp³-hybridized carbons (Fsp3) is 0.800. The number of hydrogen-bond donors (Lipinski definition) is 1. The minimum Gasteiger partial charge on any atom is -0.308 e. The van der Waals surface area contributed by atoms with Crippen LogP contribution in [0.1, 0.15) is 58.2 Å².